The number of allylic oxidation sites excluding steroid dienone is 9. The summed E-state index contributed by atoms with van der Waals surface area (Å²) in [4.78, 5) is 78.7. The number of esters is 1. The van der Waals surface area contributed by atoms with Crippen molar-refractivity contribution in [3.63, 3.8) is 0 Å². The molecule has 0 amide bonds. The normalized spacial score (nSPS) is 12.3. The molecule has 0 saturated carbocycles. The van der Waals surface area contributed by atoms with Crippen molar-refractivity contribution in [2.75, 3.05) is 52.9 Å². The SMILES string of the molecule is C=C(C)C(=O)OCCOCCOCCOCCOC(C=CC=O)=CC(=CCC=O)C(=CC=O)C(CC=O)=C(C#CC=O)CC=O. The number of hydrogen-bond donors (Lipinski definition) is 0. The summed E-state index contributed by atoms with van der Waals surface area (Å²) in [6, 6.07) is 0. The number of rotatable bonds is 26. The zero-order valence-corrected chi connectivity index (χ0v) is 25.2. The van der Waals surface area contributed by atoms with Crippen LogP contribution in [0.1, 0.15) is 26.2 Å². The van der Waals surface area contributed by atoms with E-state index < -0.39 is 5.97 Å². The predicted molar refractivity (Wildman–Crippen MR) is 163 cm³/mol. The fourth-order valence-corrected chi connectivity index (χ4v) is 3.29. The maximum absolute atomic E-state index is 11.6. The molecule has 0 fully saturated rings. The molecule has 0 unspecified atom stereocenters. The molecule has 0 aliphatic carbocycles. The molecule has 0 spiro atoms. The van der Waals surface area contributed by atoms with Crippen molar-refractivity contribution in [1.29, 1.82) is 0 Å². The fourth-order valence-electron chi connectivity index (χ4n) is 3.29. The smallest absolute Gasteiger partial charge is 0.333 e. The van der Waals surface area contributed by atoms with Crippen molar-refractivity contribution in [2.45, 2.75) is 26.2 Å². The van der Waals surface area contributed by atoms with Crippen LogP contribution in [-0.2, 0) is 57.2 Å². The average molecular weight is 627 g/mol. The van der Waals surface area contributed by atoms with E-state index in [0.717, 1.165) is 6.08 Å². The second kappa shape index (κ2) is 28.0. The van der Waals surface area contributed by atoms with Gasteiger partial charge in [-0.1, -0.05) is 18.6 Å². The lowest BCUT2D eigenvalue weighted by Gasteiger charge is -2.15. The number of carbonyl (C=O) groups excluding carboxylic acids is 7. The molecule has 0 N–H and O–H groups in total. The highest BCUT2D eigenvalue weighted by Gasteiger charge is 2.15. The van der Waals surface area contributed by atoms with Crippen molar-refractivity contribution in [1.82, 2.24) is 0 Å². The highest BCUT2D eigenvalue weighted by Crippen LogP contribution is 2.28. The summed E-state index contributed by atoms with van der Waals surface area (Å²) in [6.07, 6.45) is 8.98. The number of aldehydes is 6. The van der Waals surface area contributed by atoms with E-state index in [1.54, 1.807) is 6.92 Å². The van der Waals surface area contributed by atoms with Crippen LogP contribution in [0.25, 0.3) is 0 Å². The first-order chi connectivity index (χ1) is 21.9. The Balaban J connectivity index is 5.41. The van der Waals surface area contributed by atoms with Gasteiger partial charge in [0.15, 0.2) is 6.29 Å². The van der Waals surface area contributed by atoms with E-state index in [4.69, 9.17) is 23.7 Å². The molecular formula is C33H38O12. The maximum Gasteiger partial charge on any atom is 0.333 e. The molecule has 0 saturated heterocycles. The lowest BCUT2D eigenvalue weighted by Crippen LogP contribution is -2.14. The van der Waals surface area contributed by atoms with Gasteiger partial charge in [-0.25, -0.2) is 4.79 Å². The Morgan fingerprint density at radius 2 is 1.36 bits per heavy atom. The molecule has 0 heterocycles. The van der Waals surface area contributed by atoms with Gasteiger partial charge in [0, 0.05) is 30.4 Å². The lowest BCUT2D eigenvalue weighted by atomic mass is 9.89. The molecule has 12 nitrogen and oxygen atoms in total. The first-order valence-corrected chi connectivity index (χ1v) is 13.8. The van der Waals surface area contributed by atoms with Crippen molar-refractivity contribution in [3.8, 4) is 11.8 Å². The Morgan fingerprint density at radius 3 is 1.87 bits per heavy atom. The third kappa shape index (κ3) is 19.9. The largest absolute Gasteiger partial charge is 0.491 e. The molecule has 0 aliphatic rings. The second-order valence-corrected chi connectivity index (χ2v) is 8.51. The van der Waals surface area contributed by atoms with Crippen LogP contribution in [0.15, 0.2) is 70.6 Å². The van der Waals surface area contributed by atoms with Crippen LogP contribution in [0, 0.1) is 11.8 Å². The van der Waals surface area contributed by atoms with Gasteiger partial charge in [0.2, 0.25) is 0 Å². The number of hydrogen-bond acceptors (Lipinski definition) is 12. The van der Waals surface area contributed by atoms with Crippen LogP contribution in [0.3, 0.4) is 0 Å². The van der Waals surface area contributed by atoms with Crippen molar-refractivity contribution >= 4 is 43.7 Å². The van der Waals surface area contributed by atoms with Gasteiger partial charge in [0.05, 0.1) is 39.6 Å². The van der Waals surface area contributed by atoms with Crippen LogP contribution in [-0.4, -0.2) is 96.5 Å². The summed E-state index contributed by atoms with van der Waals surface area (Å²) in [7, 11) is 0. The van der Waals surface area contributed by atoms with Crippen LogP contribution in [0.2, 0.25) is 0 Å². The Kier molecular flexibility index (Phi) is 25.0. The van der Waals surface area contributed by atoms with E-state index >= 15 is 0 Å². The summed E-state index contributed by atoms with van der Waals surface area (Å²) in [5.41, 5.74) is 1.08. The Hall–Kier alpha value is -4.83. The third-order valence-corrected chi connectivity index (χ3v) is 5.21. The summed E-state index contributed by atoms with van der Waals surface area (Å²) >= 11 is 0. The molecule has 0 bridgehead atoms. The highest BCUT2D eigenvalue weighted by molar-refractivity contribution is 5.86. The van der Waals surface area contributed by atoms with Gasteiger partial charge in [-0.05, 0) is 53.9 Å². The fraction of sp³-hybridized carbons (Fsp3) is 0.364. The number of carbonyl (C=O) groups is 7. The van der Waals surface area contributed by atoms with E-state index in [0.29, 0.717) is 56.5 Å². The molecule has 45 heavy (non-hydrogen) atoms. The van der Waals surface area contributed by atoms with E-state index in [2.05, 4.69) is 18.4 Å². The van der Waals surface area contributed by atoms with Gasteiger partial charge in [-0.15, -0.1) is 0 Å². The van der Waals surface area contributed by atoms with Crippen molar-refractivity contribution in [2.24, 2.45) is 0 Å². The van der Waals surface area contributed by atoms with Gasteiger partial charge in [-0.2, -0.15) is 0 Å². The Labute approximate surface area is 262 Å². The second-order valence-electron chi connectivity index (χ2n) is 8.51. The molecule has 0 aromatic heterocycles. The quantitative estimate of drug-likeness (QED) is 0.0262. The molecule has 242 valence electrons. The van der Waals surface area contributed by atoms with Crippen LogP contribution in [0.5, 0.6) is 0 Å². The predicted octanol–water partition coefficient (Wildman–Crippen LogP) is 2.13. The minimum Gasteiger partial charge on any atom is -0.491 e. The highest BCUT2D eigenvalue weighted by atomic mass is 16.6. The number of ether oxygens (including phenoxy) is 5. The van der Waals surface area contributed by atoms with Gasteiger partial charge in [0.25, 0.3) is 0 Å². The first-order valence-electron chi connectivity index (χ1n) is 13.8. The molecule has 0 atom stereocenters. The molecule has 0 aromatic carbocycles. The minimum atomic E-state index is -0.476. The molecule has 0 aliphatic heterocycles. The van der Waals surface area contributed by atoms with E-state index in [-0.39, 0.29) is 87.0 Å². The molecular weight excluding hydrogens is 588 g/mol. The summed E-state index contributed by atoms with van der Waals surface area (Å²) in [5.74, 6) is 4.41. The zero-order chi connectivity index (χ0) is 33.5. The maximum atomic E-state index is 11.6. The third-order valence-electron chi connectivity index (χ3n) is 5.21. The van der Waals surface area contributed by atoms with Gasteiger partial charge < -0.3 is 38.1 Å². The molecule has 12 heteroatoms. The van der Waals surface area contributed by atoms with E-state index in [1.807, 2.05) is 0 Å². The topological polar surface area (TPSA) is 166 Å². The van der Waals surface area contributed by atoms with Crippen LogP contribution in [0.4, 0.5) is 0 Å². The Bertz CT molecular complexity index is 1220. The summed E-state index contributed by atoms with van der Waals surface area (Å²) in [6.45, 7) is 6.71. The van der Waals surface area contributed by atoms with E-state index in [9.17, 15) is 33.6 Å². The molecule has 0 aromatic rings. The molecule has 0 rings (SSSR count). The van der Waals surface area contributed by atoms with Crippen molar-refractivity contribution < 1.29 is 57.2 Å². The standard InChI is InChI=1S/C33H38O12/c1-27(2)33(40)45-25-23-43-21-19-41-18-20-42-22-24-44-30(8-5-14-36)26-29(7-4-13-35)32(11-17-39)31(10-16-38)28(9-15-37)6-3-12-34/h5,7-8,11-17,26H,1,4,9-10,18-25H2,2H3. The lowest BCUT2D eigenvalue weighted by molar-refractivity contribution is -0.140. The van der Waals surface area contributed by atoms with E-state index in [1.165, 1.54) is 24.3 Å². The zero-order valence-electron chi connectivity index (χ0n) is 25.2. The van der Waals surface area contributed by atoms with Gasteiger partial charge in [0.1, 0.15) is 50.4 Å². The Morgan fingerprint density at radius 1 is 0.756 bits per heavy atom. The summed E-state index contributed by atoms with van der Waals surface area (Å²) < 4.78 is 26.8. The summed E-state index contributed by atoms with van der Waals surface area (Å²) in [5, 5.41) is 0. The average Bonchev–Trinajstić information content (AvgIpc) is 3.03. The van der Waals surface area contributed by atoms with Gasteiger partial charge >= 0.3 is 5.97 Å². The monoisotopic (exact) mass is 626 g/mol. The first kappa shape index (κ1) is 40.2. The van der Waals surface area contributed by atoms with Crippen LogP contribution < -0.4 is 0 Å². The molecule has 0 radical (unpaired) electrons. The minimum absolute atomic E-state index is 0.0486. The van der Waals surface area contributed by atoms with Gasteiger partial charge in [-0.3, -0.25) is 14.4 Å². The van der Waals surface area contributed by atoms with Crippen LogP contribution >= 0.6 is 0 Å². The van der Waals surface area contributed by atoms with Crippen molar-refractivity contribution in [3.05, 3.63) is 70.6 Å².